The average molecular weight is 307 g/mol. The summed E-state index contributed by atoms with van der Waals surface area (Å²) < 4.78 is 13.7. The molecule has 1 aromatic carbocycles. The molecule has 0 atom stereocenters. The second kappa shape index (κ2) is 6.77. The molecule has 0 bridgehead atoms. The maximum Gasteiger partial charge on any atom is 0.319 e. The minimum absolute atomic E-state index is 0.0420. The fourth-order valence-corrected chi connectivity index (χ4v) is 2.77. The molecule has 1 saturated carbocycles. The minimum atomic E-state index is -0.545. The molecule has 0 aromatic heterocycles. The second-order valence-corrected chi connectivity index (χ2v) is 6.20. The summed E-state index contributed by atoms with van der Waals surface area (Å²) in [5, 5.41) is 7.84. The van der Waals surface area contributed by atoms with E-state index in [1.54, 1.807) is 0 Å². The lowest BCUT2D eigenvalue weighted by molar-refractivity contribution is -0.114. The maximum absolute atomic E-state index is 13.7. The number of carbonyl (C=O) groups excluding carboxylic acids is 2. The second-order valence-electron chi connectivity index (χ2n) is 6.20. The summed E-state index contributed by atoms with van der Waals surface area (Å²) in [5.74, 6) is -0.799. The van der Waals surface area contributed by atoms with E-state index in [1.165, 1.54) is 38.0 Å². The molecule has 1 aliphatic carbocycles. The molecular formula is C16H22FN3O2. The highest BCUT2D eigenvalue weighted by atomic mass is 19.1. The largest absolute Gasteiger partial charge is 0.337 e. The fourth-order valence-electron chi connectivity index (χ4n) is 2.77. The lowest BCUT2D eigenvalue weighted by Crippen LogP contribution is -2.37. The smallest absolute Gasteiger partial charge is 0.319 e. The van der Waals surface area contributed by atoms with Crippen LogP contribution in [0.4, 0.5) is 20.6 Å². The van der Waals surface area contributed by atoms with Crippen LogP contribution in [0.3, 0.4) is 0 Å². The zero-order valence-corrected chi connectivity index (χ0v) is 13.0. The topological polar surface area (TPSA) is 70.2 Å². The van der Waals surface area contributed by atoms with Crippen LogP contribution in [0.15, 0.2) is 18.2 Å². The zero-order chi connectivity index (χ0) is 16.2. The summed E-state index contributed by atoms with van der Waals surface area (Å²) in [6.07, 6.45) is 4.57. The number of benzene rings is 1. The van der Waals surface area contributed by atoms with Crippen LogP contribution in [0, 0.1) is 11.2 Å². The van der Waals surface area contributed by atoms with Gasteiger partial charge in [-0.3, -0.25) is 4.79 Å². The standard InChI is InChI=1S/C16H22FN3O2/c1-11(21)19-12-5-6-13(17)14(9-12)20-15(22)18-10-16(2)7-3-4-8-16/h5-6,9H,3-4,7-8,10H2,1-2H3,(H,19,21)(H2,18,20,22). The van der Waals surface area contributed by atoms with Gasteiger partial charge in [-0.05, 0) is 36.5 Å². The molecule has 3 N–H and O–H groups in total. The molecule has 1 aliphatic rings. The van der Waals surface area contributed by atoms with Crippen molar-refractivity contribution in [2.45, 2.75) is 39.5 Å². The van der Waals surface area contributed by atoms with Crippen molar-refractivity contribution in [3.05, 3.63) is 24.0 Å². The van der Waals surface area contributed by atoms with Gasteiger partial charge in [0.25, 0.3) is 0 Å². The van der Waals surface area contributed by atoms with Crippen molar-refractivity contribution in [1.82, 2.24) is 5.32 Å². The van der Waals surface area contributed by atoms with Gasteiger partial charge >= 0.3 is 6.03 Å². The Kier molecular flexibility index (Phi) is 5.00. The number of halogens is 1. The summed E-state index contributed by atoms with van der Waals surface area (Å²) >= 11 is 0. The van der Waals surface area contributed by atoms with Gasteiger partial charge in [0.15, 0.2) is 0 Å². The first-order valence-electron chi connectivity index (χ1n) is 7.50. The van der Waals surface area contributed by atoms with E-state index >= 15 is 0 Å². The first-order chi connectivity index (χ1) is 10.4. The van der Waals surface area contributed by atoms with Gasteiger partial charge in [-0.2, -0.15) is 0 Å². The van der Waals surface area contributed by atoms with Crippen LogP contribution < -0.4 is 16.0 Å². The number of hydrogen-bond acceptors (Lipinski definition) is 2. The molecule has 5 nitrogen and oxygen atoms in total. The van der Waals surface area contributed by atoms with Crippen LogP contribution in [0.25, 0.3) is 0 Å². The molecular weight excluding hydrogens is 285 g/mol. The van der Waals surface area contributed by atoms with Crippen molar-refractivity contribution in [2.24, 2.45) is 5.41 Å². The third-order valence-electron chi connectivity index (χ3n) is 4.02. The molecule has 1 aromatic rings. The minimum Gasteiger partial charge on any atom is -0.337 e. The lowest BCUT2D eigenvalue weighted by atomic mass is 9.89. The van der Waals surface area contributed by atoms with Crippen LogP contribution in [-0.2, 0) is 4.79 Å². The highest BCUT2D eigenvalue weighted by molar-refractivity contribution is 5.92. The van der Waals surface area contributed by atoms with E-state index < -0.39 is 11.8 Å². The monoisotopic (exact) mass is 307 g/mol. The van der Waals surface area contributed by atoms with E-state index in [4.69, 9.17) is 0 Å². The van der Waals surface area contributed by atoms with Gasteiger partial charge in [0.1, 0.15) is 5.82 Å². The molecule has 0 spiro atoms. The number of anilines is 2. The first kappa shape index (κ1) is 16.3. The Bertz CT molecular complexity index is 569. The molecule has 2 rings (SSSR count). The number of rotatable bonds is 4. The summed E-state index contributed by atoms with van der Waals surface area (Å²) in [6, 6.07) is 3.61. The Hall–Kier alpha value is -2.11. The molecule has 1 fully saturated rings. The molecule has 6 heteroatoms. The van der Waals surface area contributed by atoms with Gasteiger partial charge in [0.05, 0.1) is 5.69 Å². The number of hydrogen-bond donors (Lipinski definition) is 3. The van der Waals surface area contributed by atoms with Crippen molar-refractivity contribution in [1.29, 1.82) is 0 Å². The Morgan fingerprint density at radius 1 is 1.23 bits per heavy atom. The van der Waals surface area contributed by atoms with Gasteiger partial charge in [0.2, 0.25) is 5.91 Å². The Balaban J connectivity index is 1.94. The van der Waals surface area contributed by atoms with E-state index in [2.05, 4.69) is 22.9 Å². The van der Waals surface area contributed by atoms with E-state index in [9.17, 15) is 14.0 Å². The van der Waals surface area contributed by atoms with Crippen LogP contribution in [0.5, 0.6) is 0 Å². The quantitative estimate of drug-likeness (QED) is 0.797. The van der Waals surface area contributed by atoms with Crippen molar-refractivity contribution in [2.75, 3.05) is 17.2 Å². The number of urea groups is 1. The van der Waals surface area contributed by atoms with E-state index in [1.807, 2.05) is 0 Å². The van der Waals surface area contributed by atoms with Gasteiger partial charge < -0.3 is 16.0 Å². The van der Waals surface area contributed by atoms with E-state index in [-0.39, 0.29) is 17.0 Å². The third kappa shape index (κ3) is 4.44. The highest BCUT2D eigenvalue weighted by Crippen LogP contribution is 2.36. The molecule has 22 heavy (non-hydrogen) atoms. The summed E-state index contributed by atoms with van der Waals surface area (Å²) in [5.41, 5.74) is 0.612. The van der Waals surface area contributed by atoms with Crippen LogP contribution in [-0.4, -0.2) is 18.5 Å². The predicted octanol–water partition coefficient (Wildman–Crippen LogP) is 3.49. The molecule has 0 heterocycles. The SMILES string of the molecule is CC(=O)Nc1ccc(F)c(NC(=O)NCC2(C)CCCC2)c1. The first-order valence-corrected chi connectivity index (χ1v) is 7.50. The summed E-state index contributed by atoms with van der Waals surface area (Å²) in [4.78, 5) is 22.9. The lowest BCUT2D eigenvalue weighted by Gasteiger charge is -2.23. The maximum atomic E-state index is 13.7. The number of nitrogens with one attached hydrogen (secondary N) is 3. The molecule has 3 amide bonds. The van der Waals surface area contributed by atoms with Crippen molar-refractivity contribution in [3.63, 3.8) is 0 Å². The van der Waals surface area contributed by atoms with Crippen LogP contribution in [0.1, 0.15) is 39.5 Å². The van der Waals surface area contributed by atoms with Crippen LogP contribution >= 0.6 is 0 Å². The normalized spacial score (nSPS) is 16.1. The molecule has 0 saturated heterocycles. The molecule has 0 aliphatic heterocycles. The predicted molar refractivity (Wildman–Crippen MR) is 84.3 cm³/mol. The summed E-state index contributed by atoms with van der Waals surface area (Å²) in [6.45, 7) is 4.09. The van der Waals surface area contributed by atoms with Gasteiger partial charge in [-0.15, -0.1) is 0 Å². The fraction of sp³-hybridized carbons (Fsp3) is 0.500. The summed E-state index contributed by atoms with van der Waals surface area (Å²) in [7, 11) is 0. The average Bonchev–Trinajstić information content (AvgIpc) is 2.87. The van der Waals surface area contributed by atoms with Crippen molar-refractivity contribution < 1.29 is 14.0 Å². The van der Waals surface area contributed by atoms with Gasteiger partial charge in [0, 0.05) is 19.2 Å². The van der Waals surface area contributed by atoms with Crippen molar-refractivity contribution in [3.8, 4) is 0 Å². The van der Waals surface area contributed by atoms with Gasteiger partial charge in [-0.1, -0.05) is 19.8 Å². The Labute approximate surface area is 129 Å². The molecule has 0 unspecified atom stereocenters. The van der Waals surface area contributed by atoms with Crippen LogP contribution in [0.2, 0.25) is 0 Å². The van der Waals surface area contributed by atoms with Crippen molar-refractivity contribution >= 4 is 23.3 Å². The highest BCUT2D eigenvalue weighted by Gasteiger charge is 2.28. The number of carbonyl (C=O) groups is 2. The number of amides is 3. The molecule has 0 radical (unpaired) electrons. The van der Waals surface area contributed by atoms with E-state index in [0.29, 0.717) is 12.2 Å². The zero-order valence-electron chi connectivity index (χ0n) is 13.0. The Morgan fingerprint density at radius 2 is 1.91 bits per heavy atom. The van der Waals surface area contributed by atoms with E-state index in [0.717, 1.165) is 12.8 Å². The Morgan fingerprint density at radius 3 is 2.55 bits per heavy atom. The molecule has 120 valence electrons. The van der Waals surface area contributed by atoms with Gasteiger partial charge in [-0.25, -0.2) is 9.18 Å². The third-order valence-corrected chi connectivity index (χ3v) is 4.02.